The van der Waals surface area contributed by atoms with Gasteiger partial charge in [0.2, 0.25) is 5.91 Å². The first kappa shape index (κ1) is 28.0. The lowest BCUT2D eigenvalue weighted by atomic mass is 9.69. The van der Waals surface area contributed by atoms with Gasteiger partial charge in [-0.1, -0.05) is 71.1 Å². The van der Waals surface area contributed by atoms with Crippen molar-refractivity contribution in [3.8, 4) is 11.1 Å². The zero-order chi connectivity index (χ0) is 27.7. The first-order chi connectivity index (χ1) is 17.9. The molecule has 2 atom stereocenters. The molecule has 0 bridgehead atoms. The molecule has 7 nitrogen and oxygen atoms in total. The molecule has 1 saturated carbocycles. The molecule has 1 aromatic heterocycles. The summed E-state index contributed by atoms with van der Waals surface area (Å²) in [7, 11) is 0. The molecule has 1 aromatic carbocycles. The SMILES string of the molecule is CC(CC1CCCCC1)C(=O)N1CCC(O)(Cn2cc(C(=O)O)c(-c3ccccc3F)cc2=O)C(C)(C)C1. The van der Waals surface area contributed by atoms with E-state index in [-0.39, 0.29) is 41.5 Å². The number of aliphatic hydroxyl groups is 1. The van der Waals surface area contributed by atoms with Crippen molar-refractivity contribution in [2.24, 2.45) is 17.3 Å². The van der Waals surface area contributed by atoms with Crippen molar-refractivity contribution < 1.29 is 24.2 Å². The summed E-state index contributed by atoms with van der Waals surface area (Å²) in [5, 5.41) is 21.6. The highest BCUT2D eigenvalue weighted by Gasteiger charge is 2.49. The number of hydrogen-bond acceptors (Lipinski definition) is 4. The highest BCUT2D eigenvalue weighted by atomic mass is 19.1. The summed E-state index contributed by atoms with van der Waals surface area (Å²) in [6, 6.07) is 6.82. The number of hydrogen-bond donors (Lipinski definition) is 2. The number of pyridine rings is 1. The van der Waals surface area contributed by atoms with Crippen LogP contribution in [0.5, 0.6) is 0 Å². The van der Waals surface area contributed by atoms with Crippen molar-refractivity contribution in [2.75, 3.05) is 13.1 Å². The molecule has 2 aromatic rings. The first-order valence-corrected chi connectivity index (χ1v) is 13.7. The second-order valence-corrected chi connectivity index (χ2v) is 11.9. The largest absolute Gasteiger partial charge is 0.478 e. The Morgan fingerprint density at radius 2 is 1.82 bits per heavy atom. The predicted octanol–water partition coefficient (Wildman–Crippen LogP) is 4.95. The van der Waals surface area contributed by atoms with Gasteiger partial charge in [0.05, 0.1) is 17.7 Å². The van der Waals surface area contributed by atoms with Gasteiger partial charge in [0, 0.05) is 47.8 Å². The number of amides is 1. The smallest absolute Gasteiger partial charge is 0.337 e. The number of carboxylic acid groups (broad SMARTS) is 1. The summed E-state index contributed by atoms with van der Waals surface area (Å²) in [5.41, 5.74) is -2.83. The maximum absolute atomic E-state index is 14.4. The second-order valence-electron chi connectivity index (χ2n) is 11.9. The quantitative estimate of drug-likeness (QED) is 0.532. The van der Waals surface area contributed by atoms with E-state index < -0.39 is 28.4 Å². The Labute approximate surface area is 223 Å². The van der Waals surface area contributed by atoms with Crippen molar-refractivity contribution in [3.05, 3.63) is 58.3 Å². The third-order valence-electron chi connectivity index (χ3n) is 8.74. The van der Waals surface area contributed by atoms with Crippen molar-refractivity contribution in [1.29, 1.82) is 0 Å². The molecule has 206 valence electrons. The summed E-state index contributed by atoms with van der Waals surface area (Å²) in [4.78, 5) is 40.2. The minimum Gasteiger partial charge on any atom is -0.478 e. The normalized spacial score (nSPS) is 22.7. The molecule has 1 saturated heterocycles. The van der Waals surface area contributed by atoms with E-state index in [4.69, 9.17) is 0 Å². The monoisotopic (exact) mass is 526 g/mol. The van der Waals surface area contributed by atoms with Crippen molar-refractivity contribution >= 4 is 11.9 Å². The van der Waals surface area contributed by atoms with Crippen molar-refractivity contribution in [1.82, 2.24) is 9.47 Å². The van der Waals surface area contributed by atoms with E-state index in [1.54, 1.807) is 6.07 Å². The van der Waals surface area contributed by atoms with E-state index in [1.165, 1.54) is 61.1 Å². The minimum atomic E-state index is -1.35. The zero-order valence-electron chi connectivity index (χ0n) is 22.6. The molecule has 2 unspecified atom stereocenters. The first-order valence-electron chi connectivity index (χ1n) is 13.7. The Bertz CT molecular complexity index is 1250. The van der Waals surface area contributed by atoms with Crippen molar-refractivity contribution in [3.63, 3.8) is 0 Å². The third-order valence-corrected chi connectivity index (χ3v) is 8.74. The Morgan fingerprint density at radius 1 is 1.13 bits per heavy atom. The number of carbonyl (C=O) groups excluding carboxylic acids is 1. The topological polar surface area (TPSA) is 99.8 Å². The van der Waals surface area contributed by atoms with Crippen LogP contribution in [0.4, 0.5) is 4.39 Å². The number of nitrogens with zero attached hydrogens (tertiary/aromatic N) is 2. The number of aromatic nitrogens is 1. The minimum absolute atomic E-state index is 0.00419. The lowest BCUT2D eigenvalue weighted by Gasteiger charge is -2.51. The van der Waals surface area contributed by atoms with Crippen LogP contribution >= 0.6 is 0 Å². The number of benzene rings is 1. The number of carbonyl (C=O) groups is 2. The van der Waals surface area contributed by atoms with Gasteiger partial charge in [-0.3, -0.25) is 9.59 Å². The summed E-state index contributed by atoms with van der Waals surface area (Å²) >= 11 is 0. The Balaban J connectivity index is 1.53. The molecular weight excluding hydrogens is 487 g/mol. The van der Waals surface area contributed by atoms with Gasteiger partial charge in [-0.25, -0.2) is 9.18 Å². The molecular formula is C30H39FN2O5. The summed E-state index contributed by atoms with van der Waals surface area (Å²) in [6.45, 7) is 6.31. The van der Waals surface area contributed by atoms with Crippen LogP contribution in [0, 0.1) is 23.1 Å². The molecule has 1 aliphatic carbocycles. The fraction of sp³-hybridized carbons (Fsp3) is 0.567. The number of carboxylic acids is 1. The van der Waals surface area contributed by atoms with Crippen LogP contribution in [0.2, 0.25) is 0 Å². The number of likely N-dealkylation sites (tertiary alicyclic amines) is 1. The highest BCUT2D eigenvalue weighted by Crippen LogP contribution is 2.41. The number of aromatic carboxylic acids is 1. The van der Waals surface area contributed by atoms with E-state index in [0.29, 0.717) is 19.0 Å². The number of rotatable bonds is 7. The van der Waals surface area contributed by atoms with Crippen LogP contribution in [-0.2, 0) is 11.3 Å². The van der Waals surface area contributed by atoms with Crippen molar-refractivity contribution in [2.45, 2.75) is 77.9 Å². The molecule has 2 heterocycles. The summed E-state index contributed by atoms with van der Waals surface area (Å²) in [5.74, 6) is -1.30. The standard InChI is InChI=1S/C30H39FN2O5/c1-20(15-21-9-5-4-6-10-21)27(35)32-14-13-30(38,29(2,3)18-32)19-33-17-24(28(36)37)23(16-26(33)34)22-11-7-8-12-25(22)31/h7-8,11-12,16-17,20-21,38H,4-6,9-10,13-15,18-19H2,1-3H3,(H,36,37). The average molecular weight is 527 g/mol. The van der Waals surface area contributed by atoms with Gasteiger partial charge in [0.25, 0.3) is 5.56 Å². The van der Waals surface area contributed by atoms with Gasteiger partial charge >= 0.3 is 5.97 Å². The summed E-state index contributed by atoms with van der Waals surface area (Å²) in [6.07, 6.45) is 8.45. The van der Waals surface area contributed by atoms with E-state index >= 15 is 0 Å². The molecule has 2 N–H and O–H groups in total. The maximum atomic E-state index is 14.4. The van der Waals surface area contributed by atoms with Gasteiger partial charge in [-0.2, -0.15) is 0 Å². The lowest BCUT2D eigenvalue weighted by Crippen LogP contribution is -2.61. The van der Waals surface area contributed by atoms with Gasteiger partial charge in [0.1, 0.15) is 5.82 Å². The molecule has 2 fully saturated rings. The van der Waals surface area contributed by atoms with Gasteiger partial charge in [0.15, 0.2) is 0 Å². The summed E-state index contributed by atoms with van der Waals surface area (Å²) < 4.78 is 15.6. The number of piperidine rings is 1. The van der Waals surface area contributed by atoms with E-state index in [1.807, 2.05) is 25.7 Å². The molecule has 0 spiro atoms. The van der Waals surface area contributed by atoms with E-state index in [0.717, 1.165) is 12.5 Å². The Kier molecular flexibility index (Phi) is 8.12. The van der Waals surface area contributed by atoms with Crippen LogP contribution in [-0.4, -0.2) is 50.2 Å². The van der Waals surface area contributed by atoms with Crippen LogP contribution in [0.15, 0.2) is 41.3 Å². The lowest BCUT2D eigenvalue weighted by molar-refractivity contribution is -0.157. The van der Waals surface area contributed by atoms with Crippen LogP contribution in [0.1, 0.15) is 76.1 Å². The predicted molar refractivity (Wildman–Crippen MR) is 143 cm³/mol. The van der Waals surface area contributed by atoms with Gasteiger partial charge in [-0.05, 0) is 24.8 Å². The van der Waals surface area contributed by atoms with E-state index in [9.17, 15) is 29.0 Å². The molecule has 38 heavy (non-hydrogen) atoms. The van der Waals surface area contributed by atoms with Crippen LogP contribution < -0.4 is 5.56 Å². The molecule has 8 heteroatoms. The Hall–Kier alpha value is -3.00. The molecule has 2 aliphatic rings. The fourth-order valence-electron chi connectivity index (χ4n) is 6.23. The Morgan fingerprint density at radius 3 is 2.45 bits per heavy atom. The van der Waals surface area contributed by atoms with Gasteiger partial charge in [-0.15, -0.1) is 0 Å². The van der Waals surface area contributed by atoms with Gasteiger partial charge < -0.3 is 19.7 Å². The van der Waals surface area contributed by atoms with Crippen LogP contribution in [0.3, 0.4) is 0 Å². The third kappa shape index (κ3) is 5.70. The second kappa shape index (κ2) is 11.0. The highest BCUT2D eigenvalue weighted by molar-refractivity contribution is 5.95. The molecule has 0 radical (unpaired) electrons. The number of halogens is 1. The maximum Gasteiger partial charge on any atom is 0.337 e. The molecule has 4 rings (SSSR count). The van der Waals surface area contributed by atoms with E-state index in [2.05, 4.69) is 0 Å². The fourth-order valence-corrected chi connectivity index (χ4v) is 6.23. The zero-order valence-corrected chi connectivity index (χ0v) is 22.6. The molecule has 1 amide bonds. The average Bonchev–Trinajstić information content (AvgIpc) is 2.87. The molecule has 1 aliphatic heterocycles. The van der Waals surface area contributed by atoms with Crippen LogP contribution in [0.25, 0.3) is 11.1 Å².